The van der Waals surface area contributed by atoms with E-state index in [0.717, 1.165) is 18.8 Å². The lowest BCUT2D eigenvalue weighted by Gasteiger charge is -2.21. The van der Waals surface area contributed by atoms with Crippen LogP contribution in [0.2, 0.25) is 0 Å². The van der Waals surface area contributed by atoms with Gasteiger partial charge >= 0.3 is 0 Å². The second-order valence-electron chi connectivity index (χ2n) is 3.86. The molecule has 0 aliphatic heterocycles. The Labute approximate surface area is 103 Å². The highest BCUT2D eigenvalue weighted by atomic mass is 16.1. The Bertz CT molecular complexity index is 344. The Kier molecular flexibility index (Phi) is 5.33. The number of nitrogens with zero attached hydrogens (tertiary/aromatic N) is 1. The van der Waals surface area contributed by atoms with Crippen molar-refractivity contribution in [2.45, 2.75) is 20.3 Å². The number of carbonyl (C=O) groups excluding carboxylic acids is 1. The summed E-state index contributed by atoms with van der Waals surface area (Å²) in [5.41, 5.74) is 7.30. The lowest BCUT2D eigenvalue weighted by Crippen LogP contribution is -2.21. The average Bonchev–Trinajstić information content (AvgIpc) is 2.32. The normalized spacial score (nSPS) is 10.0. The summed E-state index contributed by atoms with van der Waals surface area (Å²) in [5.74, 6) is -0.280. The summed E-state index contributed by atoms with van der Waals surface area (Å²) in [5, 5.41) is 3.16. The van der Waals surface area contributed by atoms with Gasteiger partial charge in [-0.05, 0) is 38.1 Å². The number of rotatable bonds is 7. The summed E-state index contributed by atoms with van der Waals surface area (Å²) >= 11 is 0. The van der Waals surface area contributed by atoms with Crippen molar-refractivity contribution in [2.75, 3.05) is 29.9 Å². The monoisotopic (exact) mass is 235 g/mol. The van der Waals surface area contributed by atoms with E-state index in [1.165, 1.54) is 5.69 Å². The van der Waals surface area contributed by atoms with Crippen LogP contribution in [-0.2, 0) is 4.79 Å². The Morgan fingerprint density at radius 2 is 1.82 bits per heavy atom. The summed E-state index contributed by atoms with van der Waals surface area (Å²) in [6.07, 6.45) is 0.359. The zero-order valence-corrected chi connectivity index (χ0v) is 10.6. The molecular formula is C13H21N3O. The summed E-state index contributed by atoms with van der Waals surface area (Å²) in [4.78, 5) is 12.9. The van der Waals surface area contributed by atoms with Crippen LogP contribution in [0.3, 0.4) is 0 Å². The number of amides is 1. The highest BCUT2D eigenvalue weighted by Crippen LogP contribution is 2.17. The molecule has 1 amide bonds. The molecule has 0 spiro atoms. The number of nitrogens with two attached hydrogens (primary N) is 1. The molecule has 0 fully saturated rings. The fourth-order valence-electron chi connectivity index (χ4n) is 1.71. The van der Waals surface area contributed by atoms with Crippen LogP contribution in [0.15, 0.2) is 24.3 Å². The molecule has 0 aliphatic carbocycles. The van der Waals surface area contributed by atoms with E-state index in [0.29, 0.717) is 13.0 Å². The Balaban J connectivity index is 2.52. The average molecular weight is 235 g/mol. The van der Waals surface area contributed by atoms with Crippen LogP contribution in [0, 0.1) is 0 Å². The first-order chi connectivity index (χ1) is 8.17. The van der Waals surface area contributed by atoms with Gasteiger partial charge in [0, 0.05) is 37.4 Å². The van der Waals surface area contributed by atoms with E-state index < -0.39 is 0 Å². The predicted molar refractivity (Wildman–Crippen MR) is 72.3 cm³/mol. The fraction of sp³-hybridized carbons (Fsp3) is 0.462. The number of hydrogen-bond acceptors (Lipinski definition) is 3. The molecule has 0 heterocycles. The lowest BCUT2D eigenvalue weighted by atomic mass is 10.2. The molecule has 0 aromatic heterocycles. The van der Waals surface area contributed by atoms with Crippen LogP contribution >= 0.6 is 0 Å². The van der Waals surface area contributed by atoms with Gasteiger partial charge in [-0.15, -0.1) is 0 Å². The molecule has 1 aromatic carbocycles. The van der Waals surface area contributed by atoms with Crippen LogP contribution in [0.4, 0.5) is 11.4 Å². The standard InChI is InChI=1S/C13H21N3O/c1-3-16(4-2)12-7-5-11(6-8-12)15-10-9-13(14)17/h5-8,15H,3-4,9-10H2,1-2H3,(H2,14,17). The van der Waals surface area contributed by atoms with Crippen molar-refractivity contribution < 1.29 is 4.79 Å². The summed E-state index contributed by atoms with van der Waals surface area (Å²) in [6.45, 7) is 6.88. The highest BCUT2D eigenvalue weighted by Gasteiger charge is 2.01. The first-order valence-corrected chi connectivity index (χ1v) is 6.04. The number of primary amides is 1. The number of anilines is 2. The van der Waals surface area contributed by atoms with Crippen molar-refractivity contribution >= 4 is 17.3 Å². The smallest absolute Gasteiger partial charge is 0.219 e. The quantitative estimate of drug-likeness (QED) is 0.758. The van der Waals surface area contributed by atoms with Gasteiger partial charge in [-0.3, -0.25) is 4.79 Å². The summed E-state index contributed by atoms with van der Waals surface area (Å²) < 4.78 is 0. The fourth-order valence-corrected chi connectivity index (χ4v) is 1.71. The second-order valence-corrected chi connectivity index (χ2v) is 3.86. The molecule has 4 heteroatoms. The topological polar surface area (TPSA) is 58.4 Å². The van der Waals surface area contributed by atoms with E-state index in [1.807, 2.05) is 12.1 Å². The van der Waals surface area contributed by atoms with Gasteiger partial charge in [-0.2, -0.15) is 0 Å². The molecule has 0 unspecified atom stereocenters. The minimum absolute atomic E-state index is 0.280. The van der Waals surface area contributed by atoms with E-state index in [9.17, 15) is 4.79 Å². The molecule has 94 valence electrons. The van der Waals surface area contributed by atoms with Gasteiger partial charge < -0.3 is 16.0 Å². The minimum Gasteiger partial charge on any atom is -0.385 e. The third kappa shape index (κ3) is 4.34. The van der Waals surface area contributed by atoms with Gasteiger partial charge in [0.2, 0.25) is 5.91 Å². The molecule has 0 atom stereocenters. The molecule has 1 aromatic rings. The first-order valence-electron chi connectivity index (χ1n) is 6.04. The molecule has 4 nitrogen and oxygen atoms in total. The highest BCUT2D eigenvalue weighted by molar-refractivity contribution is 5.74. The lowest BCUT2D eigenvalue weighted by molar-refractivity contribution is -0.117. The molecule has 1 rings (SSSR count). The Morgan fingerprint density at radius 3 is 2.29 bits per heavy atom. The molecule has 0 saturated carbocycles. The van der Waals surface area contributed by atoms with Gasteiger partial charge in [0.1, 0.15) is 0 Å². The van der Waals surface area contributed by atoms with Crippen molar-refractivity contribution in [1.29, 1.82) is 0 Å². The number of carbonyl (C=O) groups is 1. The Hall–Kier alpha value is -1.71. The van der Waals surface area contributed by atoms with E-state index in [1.54, 1.807) is 0 Å². The minimum atomic E-state index is -0.280. The van der Waals surface area contributed by atoms with Crippen molar-refractivity contribution in [3.05, 3.63) is 24.3 Å². The summed E-state index contributed by atoms with van der Waals surface area (Å²) in [7, 11) is 0. The van der Waals surface area contributed by atoms with Crippen molar-refractivity contribution in [3.63, 3.8) is 0 Å². The molecular weight excluding hydrogens is 214 g/mol. The van der Waals surface area contributed by atoms with Crippen molar-refractivity contribution in [1.82, 2.24) is 0 Å². The van der Waals surface area contributed by atoms with Crippen LogP contribution < -0.4 is 16.0 Å². The molecule has 0 bridgehead atoms. The SMILES string of the molecule is CCN(CC)c1ccc(NCCC(N)=O)cc1. The molecule has 17 heavy (non-hydrogen) atoms. The zero-order chi connectivity index (χ0) is 12.7. The zero-order valence-electron chi connectivity index (χ0n) is 10.6. The van der Waals surface area contributed by atoms with Gasteiger partial charge in [0.15, 0.2) is 0 Å². The van der Waals surface area contributed by atoms with Gasteiger partial charge in [0.25, 0.3) is 0 Å². The van der Waals surface area contributed by atoms with E-state index in [-0.39, 0.29) is 5.91 Å². The Morgan fingerprint density at radius 1 is 1.24 bits per heavy atom. The van der Waals surface area contributed by atoms with Gasteiger partial charge in [-0.1, -0.05) is 0 Å². The van der Waals surface area contributed by atoms with Crippen LogP contribution in [0.1, 0.15) is 20.3 Å². The maximum atomic E-state index is 10.6. The van der Waals surface area contributed by atoms with E-state index in [4.69, 9.17) is 5.73 Å². The maximum Gasteiger partial charge on any atom is 0.219 e. The molecule has 3 N–H and O–H groups in total. The van der Waals surface area contributed by atoms with Crippen molar-refractivity contribution in [3.8, 4) is 0 Å². The van der Waals surface area contributed by atoms with Crippen molar-refractivity contribution in [2.24, 2.45) is 5.73 Å². The van der Waals surface area contributed by atoms with Crippen LogP contribution in [0.25, 0.3) is 0 Å². The number of nitrogens with one attached hydrogen (secondary N) is 1. The number of hydrogen-bond donors (Lipinski definition) is 2. The van der Waals surface area contributed by atoms with E-state index >= 15 is 0 Å². The third-order valence-corrected chi connectivity index (χ3v) is 2.70. The maximum absolute atomic E-state index is 10.6. The second kappa shape index (κ2) is 6.78. The largest absolute Gasteiger partial charge is 0.385 e. The molecule has 0 saturated heterocycles. The van der Waals surface area contributed by atoms with E-state index in [2.05, 4.69) is 36.2 Å². The van der Waals surface area contributed by atoms with Gasteiger partial charge in [0.05, 0.1) is 0 Å². The predicted octanol–water partition coefficient (Wildman–Crippen LogP) is 1.82. The number of benzene rings is 1. The van der Waals surface area contributed by atoms with Gasteiger partial charge in [-0.25, -0.2) is 0 Å². The molecule has 0 aliphatic rings. The first kappa shape index (κ1) is 13.4. The van der Waals surface area contributed by atoms with Crippen LogP contribution in [-0.4, -0.2) is 25.5 Å². The summed E-state index contributed by atoms with van der Waals surface area (Å²) in [6, 6.07) is 8.21. The molecule has 0 radical (unpaired) electrons. The third-order valence-electron chi connectivity index (χ3n) is 2.70. The van der Waals surface area contributed by atoms with Crippen LogP contribution in [0.5, 0.6) is 0 Å².